The smallest absolute Gasteiger partial charge is 0.262 e. The van der Waals surface area contributed by atoms with Gasteiger partial charge in [-0.05, 0) is 55.6 Å². The van der Waals surface area contributed by atoms with Gasteiger partial charge in [-0.1, -0.05) is 17.7 Å². The van der Waals surface area contributed by atoms with Crippen LogP contribution in [0.15, 0.2) is 29.2 Å². The van der Waals surface area contributed by atoms with E-state index in [2.05, 4.69) is 11.8 Å². The maximum Gasteiger partial charge on any atom is 0.297 e. The Morgan fingerprint density at radius 1 is 0.957 bits per heavy atom. The molecule has 1 aliphatic heterocycles. The lowest BCUT2D eigenvalue weighted by atomic mass is 9.50. The Morgan fingerprint density at radius 2 is 1.70 bits per heavy atom. The van der Waals surface area contributed by atoms with Gasteiger partial charge in [-0.3, -0.25) is 4.18 Å². The number of hydrogen-bond donors (Lipinski definition) is 0. The van der Waals surface area contributed by atoms with Crippen LogP contribution < -0.4 is 0 Å². The van der Waals surface area contributed by atoms with E-state index in [0.29, 0.717) is 27.2 Å². The van der Waals surface area contributed by atoms with E-state index in [0.717, 1.165) is 29.2 Å². The highest BCUT2D eigenvalue weighted by molar-refractivity contribution is 8.01. The maximum absolute atomic E-state index is 12.7. The largest absolute Gasteiger partial charge is 0.297 e. The molecule has 5 heteroatoms. The van der Waals surface area contributed by atoms with Crippen LogP contribution in [0.5, 0.6) is 0 Å². The number of thioether (sulfide) groups is 1. The van der Waals surface area contributed by atoms with E-state index in [9.17, 15) is 8.42 Å². The second kappa shape index (κ2) is 4.17. The van der Waals surface area contributed by atoms with Gasteiger partial charge in [-0.25, -0.2) is 0 Å². The molecule has 0 unspecified atom stereocenters. The molecule has 5 saturated carbocycles. The zero-order valence-corrected chi connectivity index (χ0v) is 14.6. The summed E-state index contributed by atoms with van der Waals surface area (Å²) < 4.78 is 31.4. The fourth-order valence-corrected chi connectivity index (χ4v) is 10.4. The number of fused-ring (bicyclic) bond motifs is 2. The Morgan fingerprint density at radius 3 is 2.48 bits per heavy atom. The molecular formula is C18H20O3S2. The fourth-order valence-electron chi connectivity index (χ4n) is 6.72. The van der Waals surface area contributed by atoms with Crippen molar-refractivity contribution < 1.29 is 12.6 Å². The summed E-state index contributed by atoms with van der Waals surface area (Å²) in [5.74, 6) is 4.25. The molecule has 1 heterocycles. The first-order valence-electron chi connectivity index (χ1n) is 8.72. The molecule has 0 aromatic heterocycles. The minimum Gasteiger partial charge on any atom is -0.262 e. The van der Waals surface area contributed by atoms with Gasteiger partial charge < -0.3 is 0 Å². The van der Waals surface area contributed by atoms with Crippen molar-refractivity contribution in [2.75, 3.05) is 0 Å². The fraction of sp³-hybridized carbons (Fsp3) is 0.667. The lowest BCUT2D eigenvalue weighted by Gasteiger charge is -2.53. The van der Waals surface area contributed by atoms with Gasteiger partial charge in [0.25, 0.3) is 10.1 Å². The van der Waals surface area contributed by atoms with Gasteiger partial charge >= 0.3 is 0 Å². The molecular weight excluding hydrogens is 328 g/mol. The summed E-state index contributed by atoms with van der Waals surface area (Å²) in [7, 11) is -3.64. The second-order valence-corrected chi connectivity index (χ2v) is 11.0. The van der Waals surface area contributed by atoms with E-state index in [4.69, 9.17) is 4.18 Å². The summed E-state index contributed by atoms with van der Waals surface area (Å²) >= 11 is 2.18. The molecule has 7 rings (SSSR count). The van der Waals surface area contributed by atoms with Gasteiger partial charge in [-0.2, -0.15) is 20.2 Å². The van der Waals surface area contributed by atoms with Crippen molar-refractivity contribution in [1.82, 2.24) is 0 Å². The number of aryl methyl sites for hydroxylation is 1. The van der Waals surface area contributed by atoms with E-state index >= 15 is 0 Å². The Labute approximate surface area is 141 Å². The quantitative estimate of drug-likeness (QED) is 0.788. The molecule has 3 nitrogen and oxygen atoms in total. The van der Waals surface area contributed by atoms with Crippen LogP contribution in [0.1, 0.15) is 18.4 Å². The molecule has 0 N–H and O–H groups in total. The van der Waals surface area contributed by atoms with Crippen molar-refractivity contribution in [3.63, 3.8) is 0 Å². The lowest BCUT2D eigenvalue weighted by molar-refractivity contribution is -0.0342. The molecule has 0 radical (unpaired) electrons. The summed E-state index contributed by atoms with van der Waals surface area (Å²) in [6.07, 6.45) is 2.64. The van der Waals surface area contributed by atoms with Crippen LogP contribution in [0.4, 0.5) is 0 Å². The Kier molecular flexibility index (Phi) is 2.49. The van der Waals surface area contributed by atoms with Crippen molar-refractivity contribution in [3.05, 3.63) is 29.8 Å². The highest BCUT2D eigenvalue weighted by atomic mass is 32.2. The van der Waals surface area contributed by atoms with Gasteiger partial charge in [0.05, 0.1) is 11.0 Å². The topological polar surface area (TPSA) is 43.4 Å². The van der Waals surface area contributed by atoms with Crippen LogP contribution in [0, 0.1) is 42.4 Å². The minimum atomic E-state index is -3.64. The predicted molar refractivity (Wildman–Crippen MR) is 88.6 cm³/mol. The summed E-state index contributed by atoms with van der Waals surface area (Å²) in [5.41, 5.74) is 1.07. The molecule has 1 aromatic rings. The third-order valence-corrected chi connectivity index (χ3v) is 10.6. The normalized spacial score (nSPS) is 51.3. The Hall–Kier alpha value is -0.520. The molecule has 6 bridgehead atoms. The van der Waals surface area contributed by atoms with Crippen LogP contribution >= 0.6 is 11.8 Å². The first-order chi connectivity index (χ1) is 11.1. The standard InChI is InChI=1S/C18H20O3S2/c1-8-2-4-9(5-3-8)23(19,20)21-16-14-10-6-7-11-13-12(10)15(16)18(13)22-17(11)14/h2-5,10-18H,6-7H2,1H3/t10-,11+,12-,13+,14+,15+,16-,17+,18-/m1/s1. The van der Waals surface area contributed by atoms with Crippen molar-refractivity contribution in [2.24, 2.45) is 35.5 Å². The zero-order chi connectivity index (χ0) is 15.5. The molecule has 0 spiro atoms. The second-order valence-electron chi connectivity index (χ2n) is 8.11. The third-order valence-electron chi connectivity index (χ3n) is 7.39. The van der Waals surface area contributed by atoms with Crippen molar-refractivity contribution >= 4 is 21.9 Å². The molecule has 122 valence electrons. The average molecular weight is 348 g/mol. The summed E-state index contributed by atoms with van der Waals surface area (Å²) in [6.45, 7) is 1.97. The van der Waals surface area contributed by atoms with Crippen LogP contribution in [0.25, 0.3) is 0 Å². The van der Waals surface area contributed by atoms with E-state index in [1.165, 1.54) is 12.8 Å². The first-order valence-corrected chi connectivity index (χ1v) is 11.1. The zero-order valence-electron chi connectivity index (χ0n) is 13.0. The van der Waals surface area contributed by atoms with E-state index < -0.39 is 10.1 Å². The number of benzene rings is 1. The van der Waals surface area contributed by atoms with Crippen molar-refractivity contribution in [3.8, 4) is 0 Å². The van der Waals surface area contributed by atoms with Crippen molar-refractivity contribution in [1.29, 1.82) is 0 Å². The van der Waals surface area contributed by atoms with E-state index in [1.54, 1.807) is 12.1 Å². The van der Waals surface area contributed by atoms with Crippen molar-refractivity contribution in [2.45, 2.75) is 41.3 Å². The maximum atomic E-state index is 12.7. The van der Waals surface area contributed by atoms with Crippen LogP contribution in [0.2, 0.25) is 0 Å². The minimum absolute atomic E-state index is 0.0471. The summed E-state index contributed by atoms with van der Waals surface area (Å²) in [5, 5.41) is 1.37. The lowest BCUT2D eigenvalue weighted by Crippen LogP contribution is -2.54. The van der Waals surface area contributed by atoms with Gasteiger partial charge in [0, 0.05) is 22.3 Å². The number of hydrogen-bond acceptors (Lipinski definition) is 4. The third kappa shape index (κ3) is 1.51. The average Bonchev–Trinajstić information content (AvgIpc) is 2.83. The van der Waals surface area contributed by atoms with Crippen LogP contribution in [-0.2, 0) is 14.3 Å². The highest BCUT2D eigenvalue weighted by Crippen LogP contribution is 2.80. The predicted octanol–water partition coefficient (Wildman–Crippen LogP) is 3.08. The monoisotopic (exact) mass is 348 g/mol. The molecule has 6 aliphatic rings. The molecule has 6 fully saturated rings. The molecule has 1 saturated heterocycles. The van der Waals surface area contributed by atoms with Gasteiger partial charge in [0.15, 0.2) is 0 Å². The summed E-state index contributed by atoms with van der Waals surface area (Å²) in [4.78, 5) is 0.312. The Balaban J connectivity index is 1.35. The number of rotatable bonds is 3. The van der Waals surface area contributed by atoms with E-state index in [-0.39, 0.29) is 6.10 Å². The van der Waals surface area contributed by atoms with E-state index in [1.807, 2.05) is 19.1 Å². The van der Waals surface area contributed by atoms with Crippen LogP contribution in [0.3, 0.4) is 0 Å². The van der Waals surface area contributed by atoms with Gasteiger partial charge in [0.2, 0.25) is 0 Å². The van der Waals surface area contributed by atoms with Gasteiger partial charge in [-0.15, -0.1) is 0 Å². The summed E-state index contributed by atoms with van der Waals surface area (Å²) in [6, 6.07) is 7.05. The van der Waals surface area contributed by atoms with Gasteiger partial charge in [0.1, 0.15) is 0 Å². The van der Waals surface area contributed by atoms with Crippen LogP contribution in [-0.4, -0.2) is 25.0 Å². The SMILES string of the molecule is Cc1ccc(S(=O)(=O)O[C@@H]2[C@@H]3[C@@H]4CC[C@@H]5[C@@H]3S[C@@H]3[C@@H]5[C@@H]4[C@@H]23)cc1. The molecule has 0 amide bonds. The molecule has 23 heavy (non-hydrogen) atoms. The first kappa shape index (κ1) is 13.7. The Bertz CT molecular complexity index is 783. The molecule has 9 atom stereocenters. The molecule has 1 aromatic carbocycles. The molecule has 5 aliphatic carbocycles. The highest BCUT2D eigenvalue weighted by Gasteiger charge is 2.79.